The molecule has 1 aromatic rings. The summed E-state index contributed by atoms with van der Waals surface area (Å²) in [5.41, 5.74) is 2.19. The summed E-state index contributed by atoms with van der Waals surface area (Å²) in [6.07, 6.45) is 7.24. The Kier molecular flexibility index (Phi) is 11.5. The molecule has 2 amide bonds. The van der Waals surface area contributed by atoms with E-state index in [9.17, 15) is 19.5 Å². The van der Waals surface area contributed by atoms with E-state index in [2.05, 4.69) is 18.5 Å². The summed E-state index contributed by atoms with van der Waals surface area (Å²) in [5.74, 6) is -1.32. The number of carbonyl (C=O) groups excluding carboxylic acids is 3. The van der Waals surface area contributed by atoms with Gasteiger partial charge in [-0.1, -0.05) is 36.4 Å². The predicted molar refractivity (Wildman–Crippen MR) is 132 cm³/mol. The molecule has 1 heterocycles. The molecule has 7 heteroatoms. The number of amides is 2. The Morgan fingerprint density at radius 3 is 2.62 bits per heavy atom. The number of hydrogen-bond acceptors (Lipinski definition) is 5. The lowest BCUT2D eigenvalue weighted by molar-refractivity contribution is -0.145. The normalized spacial score (nSPS) is 16.6. The van der Waals surface area contributed by atoms with Crippen LogP contribution in [0.25, 0.3) is 0 Å². The van der Waals surface area contributed by atoms with Gasteiger partial charge in [0.25, 0.3) is 0 Å². The second-order valence-corrected chi connectivity index (χ2v) is 8.88. The van der Waals surface area contributed by atoms with Crippen molar-refractivity contribution in [3.05, 3.63) is 60.7 Å². The van der Waals surface area contributed by atoms with Crippen LogP contribution in [0.1, 0.15) is 56.6 Å². The maximum absolute atomic E-state index is 13.1. The van der Waals surface area contributed by atoms with Crippen LogP contribution in [0, 0.1) is 5.92 Å². The van der Waals surface area contributed by atoms with Crippen LogP contribution in [-0.4, -0.2) is 53.1 Å². The van der Waals surface area contributed by atoms with Gasteiger partial charge in [0.1, 0.15) is 6.61 Å². The van der Waals surface area contributed by atoms with Crippen molar-refractivity contribution in [2.24, 2.45) is 5.92 Å². The minimum absolute atomic E-state index is 0.0202. The number of rotatable bonds is 14. The van der Waals surface area contributed by atoms with Gasteiger partial charge in [0.05, 0.1) is 24.6 Å². The molecule has 1 aliphatic rings. The zero-order valence-electron chi connectivity index (χ0n) is 20.2. The first-order valence-electron chi connectivity index (χ1n) is 12.0. The monoisotopic (exact) mass is 470 g/mol. The summed E-state index contributed by atoms with van der Waals surface area (Å²) in [6, 6.07) is 7.21. The Labute approximate surface area is 202 Å². The standard InChI is InChI=1S/C27H38N2O5/c1-4-6-7-8-14-26(32)34-19-20(3)28-27(33)22(11-5-2)16-25(31)29-17-23-13-10-9-12-21(23)15-24(29)18-30/h4-5,9-10,12-13,20,22,24,30H,1-2,6-8,11,14-19H2,3H3,(H,28,33)/t20-,22-,24-/m0/s1. The molecule has 186 valence electrons. The average Bonchev–Trinajstić information content (AvgIpc) is 2.84. The van der Waals surface area contributed by atoms with E-state index in [0.717, 1.165) is 30.4 Å². The van der Waals surface area contributed by atoms with Crippen LogP contribution >= 0.6 is 0 Å². The van der Waals surface area contributed by atoms with E-state index in [1.54, 1.807) is 17.9 Å². The highest BCUT2D eigenvalue weighted by Gasteiger charge is 2.32. The number of fused-ring (bicyclic) bond motifs is 1. The first kappa shape index (κ1) is 27.3. The molecule has 0 radical (unpaired) electrons. The Morgan fingerprint density at radius 1 is 1.21 bits per heavy atom. The van der Waals surface area contributed by atoms with Crippen LogP contribution in [0.3, 0.4) is 0 Å². The molecule has 3 atom stereocenters. The number of hydrogen-bond donors (Lipinski definition) is 2. The second-order valence-electron chi connectivity index (χ2n) is 8.88. The van der Waals surface area contributed by atoms with Crippen molar-refractivity contribution in [1.82, 2.24) is 10.2 Å². The number of carbonyl (C=O) groups is 3. The van der Waals surface area contributed by atoms with Crippen molar-refractivity contribution in [2.75, 3.05) is 13.2 Å². The van der Waals surface area contributed by atoms with Gasteiger partial charge in [-0.05, 0) is 50.2 Å². The quantitative estimate of drug-likeness (QED) is 0.247. The third kappa shape index (κ3) is 8.45. The number of esters is 1. The van der Waals surface area contributed by atoms with Gasteiger partial charge < -0.3 is 20.1 Å². The molecule has 2 rings (SSSR count). The minimum Gasteiger partial charge on any atom is -0.464 e. The zero-order valence-corrected chi connectivity index (χ0v) is 20.2. The molecule has 0 fully saturated rings. The smallest absolute Gasteiger partial charge is 0.305 e. The first-order valence-corrected chi connectivity index (χ1v) is 12.0. The number of aliphatic hydroxyl groups excluding tert-OH is 1. The lowest BCUT2D eigenvalue weighted by Crippen LogP contribution is -2.48. The van der Waals surface area contributed by atoms with Crippen molar-refractivity contribution in [3.8, 4) is 0 Å². The Balaban J connectivity index is 1.89. The van der Waals surface area contributed by atoms with Crippen LogP contribution in [0.5, 0.6) is 0 Å². The number of aliphatic hydroxyl groups is 1. The van der Waals surface area contributed by atoms with E-state index in [1.165, 1.54) is 0 Å². The van der Waals surface area contributed by atoms with Gasteiger partial charge in [0, 0.05) is 19.4 Å². The molecule has 1 aromatic carbocycles. The highest BCUT2D eigenvalue weighted by molar-refractivity contribution is 5.86. The number of allylic oxidation sites excluding steroid dienone is 2. The number of benzene rings is 1. The van der Waals surface area contributed by atoms with E-state index in [0.29, 0.717) is 25.8 Å². The molecular formula is C27H38N2O5. The maximum Gasteiger partial charge on any atom is 0.305 e. The van der Waals surface area contributed by atoms with E-state index < -0.39 is 5.92 Å². The average molecular weight is 471 g/mol. The van der Waals surface area contributed by atoms with Crippen LogP contribution < -0.4 is 5.32 Å². The van der Waals surface area contributed by atoms with Crippen molar-refractivity contribution in [3.63, 3.8) is 0 Å². The second kappa shape index (κ2) is 14.4. The minimum atomic E-state index is -0.585. The lowest BCUT2D eigenvalue weighted by Gasteiger charge is -2.36. The summed E-state index contributed by atoms with van der Waals surface area (Å²) in [7, 11) is 0. The molecule has 0 aromatic heterocycles. The SMILES string of the molecule is C=CCCCCC(=O)OC[C@H](C)NC(=O)[C@@H](CC=C)CC(=O)N1Cc2ccccc2C[C@H]1CO. The van der Waals surface area contributed by atoms with Crippen LogP contribution in [0.15, 0.2) is 49.6 Å². The molecule has 0 unspecified atom stereocenters. The van der Waals surface area contributed by atoms with Gasteiger partial charge in [0.15, 0.2) is 0 Å². The third-order valence-corrected chi connectivity index (χ3v) is 6.05. The van der Waals surface area contributed by atoms with E-state index in [1.807, 2.05) is 30.3 Å². The van der Waals surface area contributed by atoms with Crippen LogP contribution in [0.4, 0.5) is 0 Å². The predicted octanol–water partition coefficient (Wildman–Crippen LogP) is 3.31. The Morgan fingerprint density at radius 2 is 1.94 bits per heavy atom. The summed E-state index contributed by atoms with van der Waals surface area (Å²) < 4.78 is 5.26. The molecule has 0 saturated carbocycles. The number of nitrogens with zero attached hydrogens (tertiary/aromatic N) is 1. The van der Waals surface area contributed by atoms with Gasteiger partial charge in [-0.3, -0.25) is 14.4 Å². The summed E-state index contributed by atoms with van der Waals surface area (Å²) in [5, 5.41) is 12.7. The molecule has 2 N–H and O–H groups in total. The Hall–Kier alpha value is -2.93. The van der Waals surface area contributed by atoms with Gasteiger partial charge >= 0.3 is 5.97 Å². The van der Waals surface area contributed by atoms with Gasteiger partial charge in [-0.2, -0.15) is 0 Å². The zero-order chi connectivity index (χ0) is 24.9. The van der Waals surface area contributed by atoms with E-state index in [-0.39, 0.29) is 49.5 Å². The summed E-state index contributed by atoms with van der Waals surface area (Å²) in [6.45, 7) is 9.51. The molecule has 1 aliphatic heterocycles. The highest BCUT2D eigenvalue weighted by Crippen LogP contribution is 2.25. The van der Waals surface area contributed by atoms with Crippen molar-refractivity contribution in [1.29, 1.82) is 0 Å². The fraction of sp³-hybridized carbons (Fsp3) is 0.519. The molecule has 0 saturated heterocycles. The van der Waals surface area contributed by atoms with E-state index >= 15 is 0 Å². The Bertz CT molecular complexity index is 853. The van der Waals surface area contributed by atoms with Crippen molar-refractivity contribution < 1.29 is 24.2 Å². The topological polar surface area (TPSA) is 95.9 Å². The maximum atomic E-state index is 13.1. The van der Waals surface area contributed by atoms with Crippen LogP contribution in [0.2, 0.25) is 0 Å². The third-order valence-electron chi connectivity index (χ3n) is 6.05. The fourth-order valence-electron chi connectivity index (χ4n) is 4.11. The number of ether oxygens (including phenoxy) is 1. The van der Waals surface area contributed by atoms with Crippen molar-refractivity contribution >= 4 is 17.8 Å². The van der Waals surface area contributed by atoms with E-state index in [4.69, 9.17) is 4.74 Å². The molecule has 0 spiro atoms. The lowest BCUT2D eigenvalue weighted by atomic mass is 9.92. The number of unbranched alkanes of at least 4 members (excludes halogenated alkanes) is 2. The van der Waals surface area contributed by atoms with Gasteiger partial charge in [-0.25, -0.2) is 0 Å². The molecule has 7 nitrogen and oxygen atoms in total. The largest absolute Gasteiger partial charge is 0.464 e. The fourth-order valence-corrected chi connectivity index (χ4v) is 4.11. The highest BCUT2D eigenvalue weighted by atomic mass is 16.5. The van der Waals surface area contributed by atoms with Gasteiger partial charge in [0.2, 0.25) is 11.8 Å². The van der Waals surface area contributed by atoms with Crippen molar-refractivity contribution in [2.45, 2.75) is 70.5 Å². The molecule has 0 aliphatic carbocycles. The van der Waals surface area contributed by atoms with Gasteiger partial charge in [-0.15, -0.1) is 13.2 Å². The summed E-state index contributed by atoms with van der Waals surface area (Å²) in [4.78, 5) is 39.5. The molecule has 0 bridgehead atoms. The first-order chi connectivity index (χ1) is 16.4. The van der Waals surface area contributed by atoms with Crippen LogP contribution in [-0.2, 0) is 32.1 Å². The summed E-state index contributed by atoms with van der Waals surface area (Å²) >= 11 is 0. The molecular weight excluding hydrogens is 432 g/mol. The number of nitrogens with one attached hydrogen (secondary N) is 1. The molecule has 34 heavy (non-hydrogen) atoms.